The maximum Gasteiger partial charge on any atom is 0.316 e. The van der Waals surface area contributed by atoms with Gasteiger partial charge in [-0.1, -0.05) is 15.9 Å². The number of benzene rings is 2. The molecule has 6 nitrogen and oxygen atoms in total. The van der Waals surface area contributed by atoms with E-state index in [0.717, 1.165) is 14.9 Å². The van der Waals surface area contributed by atoms with E-state index in [1.54, 1.807) is 18.2 Å². The van der Waals surface area contributed by atoms with Crippen molar-refractivity contribution >= 4 is 45.3 Å². The third-order valence-electron chi connectivity index (χ3n) is 3.67. The van der Waals surface area contributed by atoms with Crippen molar-refractivity contribution in [3.8, 4) is 11.5 Å². The first-order valence-corrected chi connectivity index (χ1v) is 10.0. The van der Waals surface area contributed by atoms with Gasteiger partial charge < -0.3 is 19.5 Å². The van der Waals surface area contributed by atoms with Crippen LogP contribution in [0.1, 0.15) is 5.56 Å². The molecule has 0 aromatic heterocycles. The number of nitrogens with one attached hydrogen (secondary N) is 1. The lowest BCUT2D eigenvalue weighted by molar-refractivity contribution is -0.144. The Balaban J connectivity index is 1.44. The maximum atomic E-state index is 12.0. The van der Waals surface area contributed by atoms with Crippen LogP contribution in [0.4, 0.5) is 5.69 Å². The first-order chi connectivity index (χ1) is 13.0. The summed E-state index contributed by atoms with van der Waals surface area (Å²) in [5.41, 5.74) is 1.62. The van der Waals surface area contributed by atoms with Crippen molar-refractivity contribution in [2.24, 2.45) is 0 Å². The van der Waals surface area contributed by atoms with Gasteiger partial charge in [-0.2, -0.15) is 0 Å². The van der Waals surface area contributed by atoms with Crippen LogP contribution in [-0.2, 0) is 14.3 Å². The third-order valence-corrected chi connectivity index (χ3v) is 5.32. The van der Waals surface area contributed by atoms with E-state index in [9.17, 15) is 9.59 Å². The standard InChI is InChI=1S/C19H18BrNO5S/c1-12-8-13(20)2-5-17(12)27-11-19(23)26-10-18(22)21-14-3-4-15-16(9-14)25-7-6-24-15/h2-5,8-9H,6-7,10-11H2,1H3,(H,21,22). The molecule has 0 bridgehead atoms. The predicted molar refractivity (Wildman–Crippen MR) is 107 cm³/mol. The van der Waals surface area contributed by atoms with Gasteiger partial charge in [0.2, 0.25) is 0 Å². The van der Waals surface area contributed by atoms with Crippen molar-refractivity contribution in [1.82, 2.24) is 0 Å². The van der Waals surface area contributed by atoms with Crippen molar-refractivity contribution in [3.63, 3.8) is 0 Å². The summed E-state index contributed by atoms with van der Waals surface area (Å²) >= 11 is 4.78. The molecule has 0 fully saturated rings. The topological polar surface area (TPSA) is 73.9 Å². The van der Waals surface area contributed by atoms with Crippen LogP contribution in [0.25, 0.3) is 0 Å². The zero-order valence-corrected chi connectivity index (χ0v) is 17.0. The van der Waals surface area contributed by atoms with Gasteiger partial charge in [0.1, 0.15) is 13.2 Å². The van der Waals surface area contributed by atoms with Crippen LogP contribution in [-0.4, -0.2) is 37.4 Å². The molecule has 0 radical (unpaired) electrons. The summed E-state index contributed by atoms with van der Waals surface area (Å²) in [4.78, 5) is 24.8. The lowest BCUT2D eigenvalue weighted by Crippen LogP contribution is -2.22. The molecule has 0 saturated carbocycles. The Labute approximate surface area is 169 Å². The number of esters is 1. The summed E-state index contributed by atoms with van der Waals surface area (Å²) in [5, 5.41) is 2.67. The molecule has 0 aliphatic carbocycles. The fourth-order valence-electron chi connectivity index (χ4n) is 2.42. The van der Waals surface area contributed by atoms with Crippen LogP contribution < -0.4 is 14.8 Å². The Morgan fingerprint density at radius 2 is 1.93 bits per heavy atom. The largest absolute Gasteiger partial charge is 0.486 e. The fraction of sp³-hybridized carbons (Fsp3) is 0.263. The van der Waals surface area contributed by atoms with Gasteiger partial charge in [-0.05, 0) is 42.8 Å². The molecule has 8 heteroatoms. The van der Waals surface area contributed by atoms with Crippen LogP contribution in [0.2, 0.25) is 0 Å². The molecule has 0 atom stereocenters. The Bertz CT molecular complexity index is 858. The van der Waals surface area contributed by atoms with E-state index in [2.05, 4.69) is 21.2 Å². The number of ether oxygens (including phenoxy) is 3. The highest BCUT2D eigenvalue weighted by Crippen LogP contribution is 2.32. The molecular weight excluding hydrogens is 434 g/mol. The number of carbonyl (C=O) groups excluding carboxylic acids is 2. The summed E-state index contributed by atoms with van der Waals surface area (Å²) in [7, 11) is 0. The molecule has 2 aromatic rings. The van der Waals surface area contributed by atoms with Gasteiger partial charge in [0.05, 0.1) is 5.75 Å². The molecule has 1 N–H and O–H groups in total. The normalized spacial score (nSPS) is 12.4. The zero-order valence-electron chi connectivity index (χ0n) is 14.6. The predicted octanol–water partition coefficient (Wildman–Crippen LogP) is 3.80. The molecule has 0 spiro atoms. The van der Waals surface area contributed by atoms with Crippen molar-refractivity contribution < 1.29 is 23.8 Å². The molecule has 1 heterocycles. The van der Waals surface area contributed by atoms with E-state index in [-0.39, 0.29) is 12.4 Å². The molecule has 1 aliphatic heterocycles. The van der Waals surface area contributed by atoms with E-state index in [1.807, 2.05) is 25.1 Å². The fourth-order valence-corrected chi connectivity index (χ4v) is 3.70. The number of thioether (sulfide) groups is 1. The van der Waals surface area contributed by atoms with E-state index < -0.39 is 11.9 Å². The number of hydrogen-bond acceptors (Lipinski definition) is 6. The molecule has 27 heavy (non-hydrogen) atoms. The van der Waals surface area contributed by atoms with Crippen LogP contribution in [0.5, 0.6) is 11.5 Å². The molecule has 1 amide bonds. The van der Waals surface area contributed by atoms with Crippen LogP contribution in [0.3, 0.4) is 0 Å². The van der Waals surface area contributed by atoms with Crippen molar-refractivity contribution in [3.05, 3.63) is 46.4 Å². The highest BCUT2D eigenvalue weighted by Gasteiger charge is 2.14. The lowest BCUT2D eigenvalue weighted by Gasteiger charge is -2.19. The average molecular weight is 452 g/mol. The van der Waals surface area contributed by atoms with Crippen molar-refractivity contribution in [2.45, 2.75) is 11.8 Å². The molecule has 3 rings (SSSR count). The highest BCUT2D eigenvalue weighted by molar-refractivity contribution is 9.10. The van der Waals surface area contributed by atoms with E-state index in [0.29, 0.717) is 30.4 Å². The first-order valence-electron chi connectivity index (χ1n) is 8.25. The smallest absolute Gasteiger partial charge is 0.316 e. The number of aryl methyl sites for hydroxylation is 1. The molecule has 142 valence electrons. The number of carbonyl (C=O) groups is 2. The zero-order chi connectivity index (χ0) is 19.2. The van der Waals surface area contributed by atoms with Gasteiger partial charge in [0.25, 0.3) is 5.91 Å². The summed E-state index contributed by atoms with van der Waals surface area (Å²) in [6.07, 6.45) is 0. The van der Waals surface area contributed by atoms with Crippen LogP contribution in [0.15, 0.2) is 45.8 Å². The first kappa shape index (κ1) is 19.6. The number of amides is 1. The van der Waals surface area contributed by atoms with Gasteiger partial charge in [-0.25, -0.2) is 0 Å². The lowest BCUT2D eigenvalue weighted by atomic mass is 10.2. The monoisotopic (exact) mass is 451 g/mol. The molecule has 2 aromatic carbocycles. The second-order valence-electron chi connectivity index (χ2n) is 5.77. The Morgan fingerprint density at radius 1 is 1.15 bits per heavy atom. The van der Waals surface area contributed by atoms with Gasteiger partial charge in [0.15, 0.2) is 18.1 Å². The highest BCUT2D eigenvalue weighted by atomic mass is 79.9. The van der Waals surface area contributed by atoms with Crippen molar-refractivity contribution in [2.75, 3.05) is 30.9 Å². The Kier molecular flexibility index (Phi) is 6.63. The summed E-state index contributed by atoms with van der Waals surface area (Å²) in [5.74, 6) is 0.507. The Hall–Kier alpha value is -2.19. The molecule has 0 unspecified atom stereocenters. The second kappa shape index (κ2) is 9.14. The second-order valence-corrected chi connectivity index (χ2v) is 7.70. The molecule has 0 saturated heterocycles. The number of hydrogen-bond donors (Lipinski definition) is 1. The molecular formula is C19H18BrNO5S. The minimum absolute atomic E-state index is 0.139. The third kappa shape index (κ3) is 5.64. The number of halogens is 1. The van der Waals surface area contributed by atoms with Gasteiger partial charge in [-0.15, -0.1) is 11.8 Å². The van der Waals surface area contributed by atoms with Gasteiger partial charge in [0, 0.05) is 21.1 Å². The molecule has 1 aliphatic rings. The van der Waals surface area contributed by atoms with E-state index in [1.165, 1.54) is 11.8 Å². The van der Waals surface area contributed by atoms with Crippen molar-refractivity contribution in [1.29, 1.82) is 0 Å². The maximum absolute atomic E-state index is 12.0. The van der Waals surface area contributed by atoms with E-state index in [4.69, 9.17) is 14.2 Å². The number of anilines is 1. The SMILES string of the molecule is Cc1cc(Br)ccc1SCC(=O)OCC(=O)Nc1ccc2c(c1)OCCO2. The summed E-state index contributed by atoms with van der Waals surface area (Å²) in [6.45, 7) is 2.61. The number of rotatable bonds is 6. The summed E-state index contributed by atoms with van der Waals surface area (Å²) < 4.78 is 16.9. The van der Waals surface area contributed by atoms with Gasteiger partial charge >= 0.3 is 5.97 Å². The minimum Gasteiger partial charge on any atom is -0.486 e. The van der Waals surface area contributed by atoms with Gasteiger partial charge in [-0.3, -0.25) is 9.59 Å². The minimum atomic E-state index is -0.445. The van der Waals surface area contributed by atoms with Crippen LogP contribution >= 0.6 is 27.7 Å². The van der Waals surface area contributed by atoms with Crippen LogP contribution in [0, 0.1) is 6.92 Å². The summed E-state index contributed by atoms with van der Waals surface area (Å²) in [6, 6.07) is 11.0. The Morgan fingerprint density at radius 3 is 2.70 bits per heavy atom. The quantitative estimate of drug-likeness (QED) is 0.531. The van der Waals surface area contributed by atoms with E-state index >= 15 is 0 Å². The average Bonchev–Trinajstić information content (AvgIpc) is 2.65. The number of fused-ring (bicyclic) bond motifs is 1.